The summed E-state index contributed by atoms with van der Waals surface area (Å²) in [6, 6.07) is 72.7. The second-order valence-corrected chi connectivity index (χ2v) is 26.5. The molecule has 20 heteroatoms. The summed E-state index contributed by atoms with van der Waals surface area (Å²) in [6.45, 7) is 8.14. The largest absolute Gasteiger partial charge is 0.494 e. The number of benzene rings is 8. The Hall–Kier alpha value is -12.2. The van der Waals surface area contributed by atoms with E-state index >= 15 is 0 Å². The van der Waals surface area contributed by atoms with Crippen molar-refractivity contribution in [3.8, 4) is 34.3 Å². The summed E-state index contributed by atoms with van der Waals surface area (Å²) < 4.78 is 30.4. The first-order chi connectivity index (χ1) is 49.3. The molecule has 6 aromatic heterocycles. The molecule has 14 rings (SSSR count). The van der Waals surface area contributed by atoms with Crippen molar-refractivity contribution in [3.05, 3.63) is 298 Å². The van der Waals surface area contributed by atoms with Gasteiger partial charge in [0, 0.05) is 68.0 Å². The fourth-order valence-corrected chi connectivity index (χ4v) is 13.7. The number of nitrogens with two attached hydrogens (primary N) is 1. The van der Waals surface area contributed by atoms with Crippen molar-refractivity contribution in [3.63, 3.8) is 0 Å². The summed E-state index contributed by atoms with van der Waals surface area (Å²) in [5.74, 6) is 0.287. The molecule has 0 fully saturated rings. The maximum absolute atomic E-state index is 13.5. The number of aromatic nitrogens is 10. The Morgan fingerprint density at radius 2 is 0.804 bits per heavy atom. The quantitative estimate of drug-likeness (QED) is 0.0206. The van der Waals surface area contributed by atoms with Crippen LogP contribution >= 0.6 is 0 Å². The molecule has 0 amide bonds. The van der Waals surface area contributed by atoms with E-state index in [1.807, 2.05) is 189 Å². The molecular formula is C82H78N12O8. The summed E-state index contributed by atoms with van der Waals surface area (Å²) in [5, 5.41) is 22.6. The van der Waals surface area contributed by atoms with Crippen molar-refractivity contribution < 1.29 is 33.5 Å². The summed E-state index contributed by atoms with van der Waals surface area (Å²) in [7, 11) is 6.48. The Morgan fingerprint density at radius 3 is 1.11 bits per heavy atom. The Bertz CT molecular complexity index is 5130. The normalized spacial score (nSPS) is 12.0. The van der Waals surface area contributed by atoms with Crippen LogP contribution in [0.15, 0.2) is 243 Å². The first-order valence-corrected chi connectivity index (χ1v) is 33.8. The highest BCUT2D eigenvalue weighted by atomic mass is 16.6. The lowest BCUT2D eigenvalue weighted by molar-refractivity contribution is -0.561. The highest BCUT2D eigenvalue weighted by Crippen LogP contribution is 2.46. The van der Waals surface area contributed by atoms with Gasteiger partial charge in [0.15, 0.2) is 11.3 Å². The Morgan fingerprint density at radius 1 is 0.480 bits per heavy atom. The molecule has 8 aromatic carbocycles. The van der Waals surface area contributed by atoms with Crippen molar-refractivity contribution in [2.75, 3.05) is 27.4 Å². The molecule has 0 bridgehead atoms. The number of carbonyl (C=O) groups excluding carboxylic acids is 2. The van der Waals surface area contributed by atoms with Gasteiger partial charge < -0.3 is 33.8 Å². The third kappa shape index (κ3) is 13.0. The number of esters is 2. The molecule has 0 unspecified atom stereocenters. The van der Waals surface area contributed by atoms with Gasteiger partial charge in [0.2, 0.25) is 5.54 Å². The van der Waals surface area contributed by atoms with E-state index in [9.17, 15) is 19.7 Å². The van der Waals surface area contributed by atoms with E-state index in [1.165, 1.54) is 14.2 Å². The highest BCUT2D eigenvalue weighted by Gasteiger charge is 2.43. The lowest BCUT2D eigenvalue weighted by Gasteiger charge is -2.38. The molecule has 6 heterocycles. The maximum atomic E-state index is 13.5. The van der Waals surface area contributed by atoms with E-state index in [0.29, 0.717) is 82.5 Å². The summed E-state index contributed by atoms with van der Waals surface area (Å²) in [4.78, 5) is 58.4. The van der Waals surface area contributed by atoms with E-state index in [-0.39, 0.29) is 16.0 Å². The molecular weight excluding hydrogens is 1280 g/mol. The number of hydrogen-bond acceptors (Lipinski definition) is 15. The minimum Gasteiger partial charge on any atom is -0.494 e. The minimum absolute atomic E-state index is 0.244. The minimum atomic E-state index is -1.02. The molecule has 0 aliphatic carbocycles. The van der Waals surface area contributed by atoms with E-state index < -0.39 is 28.6 Å². The zero-order valence-corrected chi connectivity index (χ0v) is 58.1. The lowest BCUT2D eigenvalue weighted by atomic mass is 9.76. The number of nitro groups is 1. The van der Waals surface area contributed by atoms with Gasteiger partial charge in [-0.15, -0.1) is 0 Å². The summed E-state index contributed by atoms with van der Waals surface area (Å²) in [5.41, 5.74) is 15.3. The van der Waals surface area contributed by atoms with Gasteiger partial charge in [0.1, 0.15) is 67.5 Å². The number of fused-ring (bicyclic) bond motifs is 4. The number of hydrogen-bond donors (Lipinski definition) is 1. The van der Waals surface area contributed by atoms with Crippen LogP contribution in [0.4, 0.5) is 0 Å². The third-order valence-corrected chi connectivity index (χ3v) is 18.7. The number of rotatable bonds is 23. The van der Waals surface area contributed by atoms with Crippen LogP contribution in [-0.4, -0.2) is 104 Å². The number of carbonyl (C=O) groups is 2. The molecule has 14 aromatic rings. The Labute approximate surface area is 590 Å². The zero-order valence-electron chi connectivity index (χ0n) is 58.1. The van der Waals surface area contributed by atoms with E-state index in [0.717, 1.165) is 73.8 Å². The first-order valence-electron chi connectivity index (χ1n) is 33.8. The standard InChI is InChI=1S/C41H38N6O5.C41H40N6O3/c1-40(2,47(49)50)23-14-24-52-31-21-22-35-32(25-31)36(44-45(35)3)34-26-42-38-37(43-34)33(39(48)51-4)27-46(38)41(28-15-8-5-9-16-28,29-17-10-6-11-18-29)30-19-12-7-13-20-30;1-40(2,42)23-14-24-50-31-21-22-35-32(25-31)36(45-46(35)3)34-26-43-38-37(44-34)33(39(48)49-4)27-47(38)41(28-15-8-5-9-16-28,29-17-10-6-11-18-29)30-19-12-7-13-20-30/h5-13,15-22,25-27H,14,23-24H2,1-4H3;5-13,15-22,25-27H,14,23-24,42H2,1-4H3. The van der Waals surface area contributed by atoms with Crippen LogP contribution in [0.2, 0.25) is 0 Å². The van der Waals surface area contributed by atoms with Crippen molar-refractivity contribution in [2.45, 2.75) is 75.5 Å². The van der Waals surface area contributed by atoms with Crippen LogP contribution in [0.5, 0.6) is 11.5 Å². The maximum Gasteiger partial charge on any atom is 0.341 e. The van der Waals surface area contributed by atoms with Gasteiger partial charge in [-0.05, 0) is 103 Å². The summed E-state index contributed by atoms with van der Waals surface area (Å²) in [6.07, 6.45) is 9.62. The third-order valence-electron chi connectivity index (χ3n) is 18.7. The zero-order chi connectivity index (χ0) is 71.3. The molecule has 102 heavy (non-hydrogen) atoms. The van der Waals surface area contributed by atoms with Gasteiger partial charge in [0.05, 0.1) is 50.9 Å². The monoisotopic (exact) mass is 1360 g/mol. The van der Waals surface area contributed by atoms with Crippen molar-refractivity contribution in [1.29, 1.82) is 0 Å². The summed E-state index contributed by atoms with van der Waals surface area (Å²) >= 11 is 0. The second kappa shape index (κ2) is 28.6. The van der Waals surface area contributed by atoms with Crippen LogP contribution < -0.4 is 15.2 Å². The molecule has 0 radical (unpaired) electrons. The average Bonchev–Trinajstić information content (AvgIpc) is 1.46. The predicted octanol–water partition coefficient (Wildman–Crippen LogP) is 15.3. The fraction of sp³-hybridized carbons (Fsp3) is 0.220. The molecule has 0 aliphatic heterocycles. The van der Waals surface area contributed by atoms with Gasteiger partial charge in [-0.2, -0.15) is 10.2 Å². The molecule has 514 valence electrons. The predicted molar refractivity (Wildman–Crippen MR) is 395 cm³/mol. The Balaban J connectivity index is 0.000000182. The van der Waals surface area contributed by atoms with Crippen LogP contribution in [0, 0.1) is 10.1 Å². The number of nitrogens with zero attached hydrogens (tertiary/aromatic N) is 11. The molecule has 2 N–H and O–H groups in total. The van der Waals surface area contributed by atoms with Crippen molar-refractivity contribution in [2.24, 2.45) is 19.8 Å². The second-order valence-electron chi connectivity index (χ2n) is 26.5. The van der Waals surface area contributed by atoms with Crippen LogP contribution in [-0.2, 0) is 34.6 Å². The molecule has 0 saturated heterocycles. The average molecular weight is 1360 g/mol. The number of ether oxygens (including phenoxy) is 4. The topological polar surface area (TPSA) is 237 Å². The van der Waals surface area contributed by atoms with E-state index in [2.05, 4.69) is 77.4 Å². The first kappa shape index (κ1) is 68.4. The molecule has 0 atom stereocenters. The van der Waals surface area contributed by atoms with Gasteiger partial charge >= 0.3 is 11.9 Å². The van der Waals surface area contributed by atoms with Crippen molar-refractivity contribution in [1.82, 2.24) is 48.6 Å². The van der Waals surface area contributed by atoms with Gasteiger partial charge in [-0.25, -0.2) is 29.5 Å². The number of aryl methyl sites for hydroxylation is 2. The smallest absolute Gasteiger partial charge is 0.341 e. The van der Waals surface area contributed by atoms with E-state index in [1.54, 1.807) is 37.1 Å². The van der Waals surface area contributed by atoms with Crippen LogP contribution in [0.3, 0.4) is 0 Å². The molecule has 0 saturated carbocycles. The van der Waals surface area contributed by atoms with Crippen LogP contribution in [0.1, 0.15) is 107 Å². The lowest BCUT2D eigenvalue weighted by Crippen LogP contribution is -2.37. The van der Waals surface area contributed by atoms with Gasteiger partial charge in [-0.3, -0.25) is 19.5 Å². The molecule has 0 aliphatic rings. The fourth-order valence-electron chi connectivity index (χ4n) is 13.7. The molecule has 0 spiro atoms. The van der Waals surface area contributed by atoms with Gasteiger partial charge in [-0.1, -0.05) is 182 Å². The van der Waals surface area contributed by atoms with E-state index in [4.69, 9.17) is 54.8 Å². The number of methoxy groups -OCH3 is 2. The van der Waals surface area contributed by atoms with Crippen LogP contribution in [0.25, 0.3) is 66.9 Å². The van der Waals surface area contributed by atoms with Gasteiger partial charge in [0.25, 0.3) is 0 Å². The Kier molecular flexibility index (Phi) is 19.2. The highest BCUT2D eigenvalue weighted by molar-refractivity contribution is 6.04. The molecule has 20 nitrogen and oxygen atoms in total. The van der Waals surface area contributed by atoms with Crippen molar-refractivity contribution >= 4 is 56.1 Å². The SMILES string of the molecule is COC(=O)c1cn(C(c2ccccc2)(c2ccccc2)c2ccccc2)c2ncc(-c3nn(C)c4ccc(OCCCC(C)(C)N)cc34)nc12.COC(=O)c1cn(C(c2ccccc2)(c2ccccc2)c2ccccc2)c2ncc(-c3nn(C)c4ccc(OCCCC(C)(C)[N+](=O)[O-])cc34)nc12.